The van der Waals surface area contributed by atoms with E-state index in [1.54, 1.807) is 19.0 Å². The molecule has 0 radical (unpaired) electrons. The Morgan fingerprint density at radius 3 is 2.93 bits per heavy atom. The number of carbonyl (C=O) groups excluding carboxylic acids is 1. The second-order valence-corrected chi connectivity index (χ2v) is 9.26. The zero-order valence-electron chi connectivity index (χ0n) is 18.8. The number of carbonyl (C=O) groups is 1. The number of aryl methyl sites for hydroxylation is 2. The summed E-state index contributed by atoms with van der Waals surface area (Å²) < 4.78 is 0. The number of allylic oxidation sites excluding steroid dienone is 2. The van der Waals surface area contributed by atoms with E-state index in [0.717, 1.165) is 45.2 Å². The number of aliphatic hydroxyl groups is 1. The summed E-state index contributed by atoms with van der Waals surface area (Å²) in [6.07, 6.45) is 12.3. The molecule has 1 aromatic rings. The molecule has 1 fully saturated rings. The Labute approximate surface area is 182 Å². The fourth-order valence-corrected chi connectivity index (χ4v) is 4.94. The first-order chi connectivity index (χ1) is 14.4. The second-order valence-electron chi connectivity index (χ2n) is 9.26. The summed E-state index contributed by atoms with van der Waals surface area (Å²) in [4.78, 5) is 13.3. The first kappa shape index (κ1) is 22.8. The third-order valence-corrected chi connectivity index (χ3v) is 6.59. The molecule has 0 unspecified atom stereocenters. The smallest absolute Gasteiger partial charge is 0.222 e. The van der Waals surface area contributed by atoms with Crippen molar-refractivity contribution in [2.24, 2.45) is 17.8 Å². The first-order valence-electron chi connectivity index (χ1n) is 11.4. The van der Waals surface area contributed by atoms with Gasteiger partial charge in [-0.2, -0.15) is 0 Å². The minimum absolute atomic E-state index is 0.192. The highest BCUT2D eigenvalue weighted by atomic mass is 16.3. The van der Waals surface area contributed by atoms with Crippen LogP contribution in [0.4, 0.5) is 0 Å². The Bertz CT molecular complexity index is 768. The molecule has 4 heteroatoms. The van der Waals surface area contributed by atoms with Gasteiger partial charge in [0.2, 0.25) is 5.91 Å². The van der Waals surface area contributed by atoms with Crippen LogP contribution in [-0.4, -0.2) is 49.2 Å². The van der Waals surface area contributed by atoms with Gasteiger partial charge in [-0.25, -0.2) is 0 Å². The van der Waals surface area contributed by atoms with Crippen LogP contribution in [0.1, 0.15) is 43.2 Å². The highest BCUT2D eigenvalue weighted by Crippen LogP contribution is 2.47. The number of aliphatic hydroxyl groups excluding tert-OH is 1. The molecule has 2 aliphatic carbocycles. The summed E-state index contributed by atoms with van der Waals surface area (Å²) in [5.74, 6) is 1.53. The molecule has 0 aromatic heterocycles. The lowest BCUT2D eigenvalue weighted by Crippen LogP contribution is -2.24. The Hall–Kier alpha value is -1.91. The maximum Gasteiger partial charge on any atom is 0.222 e. The quantitative estimate of drug-likeness (QED) is 0.455. The van der Waals surface area contributed by atoms with Crippen LogP contribution >= 0.6 is 0 Å². The van der Waals surface area contributed by atoms with Crippen molar-refractivity contribution in [3.8, 4) is 0 Å². The van der Waals surface area contributed by atoms with Crippen LogP contribution in [0.25, 0.3) is 0 Å². The summed E-state index contributed by atoms with van der Waals surface area (Å²) in [6.45, 7) is 3.91. The van der Waals surface area contributed by atoms with E-state index in [-0.39, 0.29) is 17.9 Å². The van der Waals surface area contributed by atoms with Gasteiger partial charge in [0.15, 0.2) is 0 Å². The molecule has 0 bridgehead atoms. The van der Waals surface area contributed by atoms with Gasteiger partial charge in [-0.05, 0) is 63.0 Å². The number of amides is 1. The maximum atomic E-state index is 11.6. The molecular weight excluding hydrogens is 372 g/mol. The number of nitrogens with zero attached hydrogens (tertiary/aromatic N) is 1. The molecule has 0 spiro atoms. The summed E-state index contributed by atoms with van der Waals surface area (Å²) in [6, 6.07) is 8.71. The van der Waals surface area contributed by atoms with E-state index in [0.29, 0.717) is 18.3 Å². The SMILES string of the molecule is Cc1cccc(CC/C=C/[C@@H]2[C@H]3CC(CNCCCC(=O)N(C)C)=C[C@H]3C[C@H]2O)c1. The standard InChI is InChI=1S/C26H38N2O2/c1-19-8-6-10-20(14-19)9-4-5-11-23-24-16-21(15-22(24)17-25(23)29)18-27-13-7-12-26(30)28(2)3/h5-6,8,10-11,14-15,22-25,27,29H,4,7,9,12-13,16-18H2,1-3H3/b11-5+/t22-,23+,24-,25+/m0/s1. The minimum Gasteiger partial charge on any atom is -0.392 e. The number of hydrogen-bond acceptors (Lipinski definition) is 3. The van der Waals surface area contributed by atoms with Crippen LogP contribution in [0.3, 0.4) is 0 Å². The van der Waals surface area contributed by atoms with Crippen molar-refractivity contribution in [2.75, 3.05) is 27.2 Å². The van der Waals surface area contributed by atoms with Crippen molar-refractivity contribution < 1.29 is 9.90 Å². The largest absolute Gasteiger partial charge is 0.392 e. The molecule has 0 aliphatic heterocycles. The van der Waals surface area contributed by atoms with E-state index >= 15 is 0 Å². The summed E-state index contributed by atoms with van der Waals surface area (Å²) in [5.41, 5.74) is 4.16. The Kier molecular flexibility index (Phi) is 8.29. The number of fused-ring (bicyclic) bond motifs is 1. The molecule has 0 heterocycles. The highest BCUT2D eigenvalue weighted by Gasteiger charge is 2.43. The van der Waals surface area contributed by atoms with Crippen molar-refractivity contribution in [3.05, 3.63) is 59.2 Å². The monoisotopic (exact) mass is 410 g/mol. The molecule has 4 atom stereocenters. The first-order valence-corrected chi connectivity index (χ1v) is 11.4. The van der Waals surface area contributed by atoms with E-state index in [1.165, 1.54) is 16.7 Å². The topological polar surface area (TPSA) is 52.6 Å². The number of benzene rings is 1. The van der Waals surface area contributed by atoms with Crippen molar-refractivity contribution in [1.29, 1.82) is 0 Å². The molecule has 164 valence electrons. The van der Waals surface area contributed by atoms with E-state index in [9.17, 15) is 9.90 Å². The lowest BCUT2D eigenvalue weighted by Gasteiger charge is -2.18. The fraction of sp³-hybridized carbons (Fsp3) is 0.577. The zero-order valence-corrected chi connectivity index (χ0v) is 18.8. The molecule has 4 nitrogen and oxygen atoms in total. The maximum absolute atomic E-state index is 11.6. The van der Waals surface area contributed by atoms with Gasteiger partial charge in [0.25, 0.3) is 0 Å². The zero-order chi connectivity index (χ0) is 21.5. The van der Waals surface area contributed by atoms with E-state index in [2.05, 4.69) is 54.7 Å². The minimum atomic E-state index is -0.210. The average Bonchev–Trinajstić information content (AvgIpc) is 3.21. The lowest BCUT2D eigenvalue weighted by molar-refractivity contribution is -0.128. The molecule has 0 saturated heterocycles. The molecule has 1 amide bonds. The lowest BCUT2D eigenvalue weighted by atomic mass is 9.89. The van der Waals surface area contributed by atoms with E-state index < -0.39 is 0 Å². The van der Waals surface area contributed by atoms with Crippen LogP contribution in [0.5, 0.6) is 0 Å². The number of rotatable bonds is 10. The molecule has 2 N–H and O–H groups in total. The van der Waals surface area contributed by atoms with Crippen LogP contribution < -0.4 is 5.32 Å². The Morgan fingerprint density at radius 2 is 2.17 bits per heavy atom. The molecule has 3 rings (SSSR count). The molecule has 1 saturated carbocycles. The second kappa shape index (κ2) is 10.9. The highest BCUT2D eigenvalue weighted by molar-refractivity contribution is 5.75. The van der Waals surface area contributed by atoms with Gasteiger partial charge in [0.05, 0.1) is 6.10 Å². The van der Waals surface area contributed by atoms with E-state index in [4.69, 9.17) is 0 Å². The third kappa shape index (κ3) is 6.29. The molecule has 1 aromatic carbocycles. The van der Waals surface area contributed by atoms with Crippen LogP contribution in [0, 0.1) is 24.7 Å². The van der Waals surface area contributed by atoms with Crippen molar-refractivity contribution >= 4 is 5.91 Å². The third-order valence-electron chi connectivity index (χ3n) is 6.59. The van der Waals surface area contributed by atoms with Crippen LogP contribution in [0.2, 0.25) is 0 Å². The van der Waals surface area contributed by atoms with Crippen molar-refractivity contribution in [2.45, 2.75) is 51.6 Å². The number of nitrogens with one attached hydrogen (secondary N) is 1. The Morgan fingerprint density at radius 1 is 1.33 bits per heavy atom. The summed E-state index contributed by atoms with van der Waals surface area (Å²) in [7, 11) is 3.61. The predicted octanol–water partition coefficient (Wildman–Crippen LogP) is 3.89. The van der Waals surface area contributed by atoms with Crippen molar-refractivity contribution in [3.63, 3.8) is 0 Å². The fourth-order valence-electron chi connectivity index (χ4n) is 4.94. The number of hydrogen-bond donors (Lipinski definition) is 2. The van der Waals surface area contributed by atoms with Gasteiger partial charge < -0.3 is 15.3 Å². The van der Waals surface area contributed by atoms with Crippen LogP contribution in [-0.2, 0) is 11.2 Å². The van der Waals surface area contributed by atoms with Gasteiger partial charge in [-0.3, -0.25) is 4.79 Å². The molecule has 2 aliphatic rings. The molecular formula is C26H38N2O2. The summed E-state index contributed by atoms with van der Waals surface area (Å²) >= 11 is 0. The van der Waals surface area contributed by atoms with Gasteiger partial charge >= 0.3 is 0 Å². The van der Waals surface area contributed by atoms with Gasteiger partial charge in [0, 0.05) is 33.0 Å². The molecule has 30 heavy (non-hydrogen) atoms. The predicted molar refractivity (Wildman–Crippen MR) is 123 cm³/mol. The van der Waals surface area contributed by atoms with Gasteiger partial charge in [-0.15, -0.1) is 0 Å². The van der Waals surface area contributed by atoms with E-state index in [1.807, 2.05) is 0 Å². The normalized spacial score (nSPS) is 25.5. The van der Waals surface area contributed by atoms with Gasteiger partial charge in [0.1, 0.15) is 0 Å². The Balaban J connectivity index is 1.39. The van der Waals surface area contributed by atoms with Crippen molar-refractivity contribution in [1.82, 2.24) is 10.2 Å². The summed E-state index contributed by atoms with van der Waals surface area (Å²) in [5, 5.41) is 14.0. The average molecular weight is 411 g/mol. The van der Waals surface area contributed by atoms with Gasteiger partial charge in [-0.1, -0.05) is 53.6 Å². The van der Waals surface area contributed by atoms with Crippen LogP contribution in [0.15, 0.2) is 48.1 Å².